The molecule has 1 aromatic rings. The van der Waals surface area contributed by atoms with E-state index in [1.807, 2.05) is 0 Å². The maximum absolute atomic E-state index is 11.9. The monoisotopic (exact) mass is 311 g/mol. The predicted octanol–water partition coefficient (Wildman–Crippen LogP) is -1.83. The van der Waals surface area contributed by atoms with Gasteiger partial charge in [-0.25, -0.2) is 30.8 Å². The molecule has 0 saturated heterocycles. The first kappa shape index (κ1) is 15.9. The number of nitrogens with one attached hydrogen (secondary N) is 1. The minimum atomic E-state index is -3.88. The fourth-order valence-corrected chi connectivity index (χ4v) is 3.44. The first-order chi connectivity index (χ1) is 8.58. The van der Waals surface area contributed by atoms with Gasteiger partial charge in [-0.15, -0.1) is 0 Å². The number of imidazole rings is 1. The van der Waals surface area contributed by atoms with Crippen molar-refractivity contribution in [1.29, 1.82) is 0 Å². The predicted molar refractivity (Wildman–Crippen MR) is 70.3 cm³/mol. The van der Waals surface area contributed by atoms with Gasteiger partial charge in [0.25, 0.3) is 10.0 Å². The average molecular weight is 311 g/mol. The van der Waals surface area contributed by atoms with Crippen molar-refractivity contribution in [3.63, 3.8) is 0 Å². The standard InChI is InChI=1S/C8H17N5O4S2/c1-12(2)18(14,15)5-4-11-19(16,17)8-7(9)10-6-13(8)3/h6,11H,4-5,9H2,1-3H3. The van der Waals surface area contributed by atoms with Gasteiger partial charge in [-0.1, -0.05) is 0 Å². The third-order valence-corrected chi connectivity index (χ3v) is 5.80. The van der Waals surface area contributed by atoms with Crippen molar-refractivity contribution in [2.75, 3.05) is 32.1 Å². The average Bonchev–Trinajstić information content (AvgIpc) is 2.58. The van der Waals surface area contributed by atoms with E-state index in [-0.39, 0.29) is 23.1 Å². The molecule has 0 spiro atoms. The number of aryl methyl sites for hydroxylation is 1. The third kappa shape index (κ3) is 3.65. The topological polar surface area (TPSA) is 127 Å². The van der Waals surface area contributed by atoms with Crippen molar-refractivity contribution in [3.05, 3.63) is 6.33 Å². The molecule has 0 radical (unpaired) electrons. The van der Waals surface area contributed by atoms with E-state index in [1.54, 1.807) is 0 Å². The number of anilines is 1. The number of nitrogens with two attached hydrogens (primary N) is 1. The number of hydrogen-bond acceptors (Lipinski definition) is 6. The summed E-state index contributed by atoms with van der Waals surface area (Å²) in [4.78, 5) is 3.66. The summed E-state index contributed by atoms with van der Waals surface area (Å²) in [5.74, 6) is -0.470. The van der Waals surface area contributed by atoms with E-state index >= 15 is 0 Å². The van der Waals surface area contributed by atoms with Crippen LogP contribution in [0.3, 0.4) is 0 Å². The van der Waals surface area contributed by atoms with Crippen molar-refractivity contribution >= 4 is 25.9 Å². The number of aromatic nitrogens is 2. The van der Waals surface area contributed by atoms with Crippen molar-refractivity contribution in [1.82, 2.24) is 18.6 Å². The summed E-state index contributed by atoms with van der Waals surface area (Å²) >= 11 is 0. The highest BCUT2D eigenvalue weighted by Gasteiger charge is 2.23. The smallest absolute Gasteiger partial charge is 0.260 e. The summed E-state index contributed by atoms with van der Waals surface area (Å²) in [6, 6.07) is 0. The van der Waals surface area contributed by atoms with Crippen LogP contribution in [0.25, 0.3) is 0 Å². The van der Waals surface area contributed by atoms with Crippen LogP contribution in [0.15, 0.2) is 11.4 Å². The molecular formula is C8H17N5O4S2. The van der Waals surface area contributed by atoms with Gasteiger partial charge in [0.1, 0.15) is 0 Å². The van der Waals surface area contributed by atoms with Crippen molar-refractivity contribution in [2.45, 2.75) is 5.03 Å². The first-order valence-corrected chi connectivity index (χ1v) is 8.34. The van der Waals surface area contributed by atoms with Gasteiger partial charge >= 0.3 is 0 Å². The molecule has 0 bridgehead atoms. The molecule has 110 valence electrons. The van der Waals surface area contributed by atoms with E-state index in [2.05, 4.69) is 9.71 Å². The van der Waals surface area contributed by atoms with Crippen LogP contribution in [0, 0.1) is 0 Å². The molecule has 0 saturated carbocycles. The second kappa shape index (κ2) is 5.45. The molecule has 0 aromatic carbocycles. The van der Waals surface area contributed by atoms with Crippen LogP contribution >= 0.6 is 0 Å². The van der Waals surface area contributed by atoms with Crippen LogP contribution in [0.4, 0.5) is 5.82 Å². The molecule has 19 heavy (non-hydrogen) atoms. The molecular weight excluding hydrogens is 294 g/mol. The second-order valence-corrected chi connectivity index (χ2v) is 8.03. The van der Waals surface area contributed by atoms with Gasteiger partial charge < -0.3 is 10.3 Å². The zero-order valence-corrected chi connectivity index (χ0v) is 12.5. The van der Waals surface area contributed by atoms with E-state index in [0.717, 1.165) is 4.31 Å². The molecule has 9 nitrogen and oxygen atoms in total. The number of sulfonamides is 2. The number of rotatable bonds is 6. The molecule has 11 heteroatoms. The summed E-state index contributed by atoms with van der Waals surface area (Å²) in [6.45, 7) is -0.243. The van der Waals surface area contributed by atoms with Gasteiger partial charge in [0.2, 0.25) is 10.0 Å². The molecule has 1 heterocycles. The lowest BCUT2D eigenvalue weighted by Gasteiger charge is -2.12. The van der Waals surface area contributed by atoms with Crippen molar-refractivity contribution in [3.8, 4) is 0 Å². The third-order valence-electron chi connectivity index (χ3n) is 2.37. The molecule has 0 atom stereocenters. The van der Waals surface area contributed by atoms with Crippen LogP contribution in [-0.2, 0) is 27.1 Å². The summed E-state index contributed by atoms with van der Waals surface area (Å²) in [5.41, 5.74) is 5.46. The zero-order valence-electron chi connectivity index (χ0n) is 10.9. The van der Waals surface area contributed by atoms with E-state index in [4.69, 9.17) is 5.73 Å². The molecule has 0 fully saturated rings. The maximum atomic E-state index is 11.9. The molecule has 0 aliphatic rings. The van der Waals surface area contributed by atoms with Gasteiger partial charge in [-0.05, 0) is 0 Å². The fraction of sp³-hybridized carbons (Fsp3) is 0.625. The summed E-state index contributed by atoms with van der Waals surface area (Å²) in [7, 11) is -3.10. The Kier molecular flexibility index (Phi) is 4.55. The molecule has 1 rings (SSSR count). The van der Waals surface area contributed by atoms with Crippen molar-refractivity contribution in [2.24, 2.45) is 7.05 Å². The second-order valence-electron chi connectivity index (χ2n) is 4.04. The van der Waals surface area contributed by atoms with Gasteiger partial charge in [-0.2, -0.15) is 0 Å². The van der Waals surface area contributed by atoms with E-state index in [9.17, 15) is 16.8 Å². The SMILES string of the molecule is CN(C)S(=O)(=O)CCNS(=O)(=O)c1c(N)ncn1C. The fourth-order valence-electron chi connectivity index (χ4n) is 1.32. The molecule has 0 aliphatic heterocycles. The van der Waals surface area contributed by atoms with E-state index in [1.165, 1.54) is 32.0 Å². The zero-order chi connectivity index (χ0) is 14.8. The highest BCUT2D eigenvalue weighted by molar-refractivity contribution is 7.90. The Balaban J connectivity index is 2.79. The minimum Gasteiger partial charge on any atom is -0.381 e. The van der Waals surface area contributed by atoms with Crippen LogP contribution in [-0.4, -0.2) is 57.1 Å². The molecule has 3 N–H and O–H groups in total. The Morgan fingerprint density at radius 1 is 1.37 bits per heavy atom. The van der Waals surface area contributed by atoms with Crippen LogP contribution < -0.4 is 10.5 Å². The van der Waals surface area contributed by atoms with Gasteiger partial charge in [0.05, 0.1) is 12.1 Å². The molecule has 0 unspecified atom stereocenters. The van der Waals surface area contributed by atoms with Gasteiger partial charge in [0.15, 0.2) is 10.8 Å². The van der Waals surface area contributed by atoms with E-state index < -0.39 is 20.0 Å². The maximum Gasteiger partial charge on any atom is 0.260 e. The number of hydrogen-bond donors (Lipinski definition) is 2. The Labute approximate surface area is 112 Å². The summed E-state index contributed by atoms with van der Waals surface area (Å²) in [5, 5.41) is -0.185. The first-order valence-electron chi connectivity index (χ1n) is 5.24. The molecule has 0 amide bonds. The van der Waals surface area contributed by atoms with Crippen LogP contribution in [0.5, 0.6) is 0 Å². The van der Waals surface area contributed by atoms with Crippen LogP contribution in [0.1, 0.15) is 0 Å². The highest BCUT2D eigenvalue weighted by atomic mass is 32.2. The molecule has 1 aromatic heterocycles. The quantitative estimate of drug-likeness (QED) is 0.636. The summed E-state index contributed by atoms with van der Waals surface area (Å²) in [6.07, 6.45) is 1.26. The normalized spacial score (nSPS) is 13.1. The highest BCUT2D eigenvalue weighted by Crippen LogP contribution is 2.14. The van der Waals surface area contributed by atoms with Crippen LogP contribution in [0.2, 0.25) is 0 Å². The van der Waals surface area contributed by atoms with E-state index in [0.29, 0.717) is 0 Å². The van der Waals surface area contributed by atoms with Gasteiger partial charge in [-0.3, -0.25) is 0 Å². The lowest BCUT2D eigenvalue weighted by Crippen LogP contribution is -2.34. The minimum absolute atomic E-state index is 0.134. The lowest BCUT2D eigenvalue weighted by molar-refractivity contribution is 0.519. The Morgan fingerprint density at radius 2 is 1.95 bits per heavy atom. The largest absolute Gasteiger partial charge is 0.381 e. The summed E-state index contributed by atoms with van der Waals surface area (Å²) < 4.78 is 51.3. The number of nitrogens with zero attached hydrogens (tertiary/aromatic N) is 3. The lowest BCUT2D eigenvalue weighted by atomic mass is 10.8. The number of nitrogen functional groups attached to an aromatic ring is 1. The Bertz CT molecular complexity index is 627. The molecule has 0 aliphatic carbocycles. The Morgan fingerprint density at radius 3 is 2.37 bits per heavy atom. The van der Waals surface area contributed by atoms with Crippen molar-refractivity contribution < 1.29 is 16.8 Å². The Hall–Kier alpha value is -1.17. The van der Waals surface area contributed by atoms with Gasteiger partial charge in [0, 0.05) is 27.7 Å².